The van der Waals surface area contributed by atoms with Crippen molar-refractivity contribution in [3.63, 3.8) is 0 Å². The zero-order valence-electron chi connectivity index (χ0n) is 13.8. The van der Waals surface area contributed by atoms with Gasteiger partial charge in [0.15, 0.2) is 5.76 Å². The van der Waals surface area contributed by atoms with Crippen molar-refractivity contribution in [3.05, 3.63) is 47.1 Å². The number of hydrogen-bond donors (Lipinski definition) is 0. The van der Waals surface area contributed by atoms with Crippen LogP contribution in [0.25, 0.3) is 0 Å². The van der Waals surface area contributed by atoms with Crippen LogP contribution in [0.5, 0.6) is 0 Å². The molecule has 0 spiro atoms. The van der Waals surface area contributed by atoms with Gasteiger partial charge >= 0.3 is 0 Å². The molecule has 2 aromatic rings. The molecule has 24 heavy (non-hydrogen) atoms. The highest BCUT2D eigenvalue weighted by molar-refractivity contribution is 7.89. The third-order valence-corrected chi connectivity index (χ3v) is 6.65. The minimum atomic E-state index is -3.65. The summed E-state index contributed by atoms with van der Waals surface area (Å²) < 4.78 is 45.8. The first-order valence-electron chi connectivity index (χ1n) is 8.08. The smallest absolute Gasteiger partial charge is 0.248 e. The standard InChI is InChI=1S/C17H21FN2O3S/c1-12-17(13(2)23-19-12)24(21,22)20-10-4-3-5-15(11-20)14-6-8-16(18)9-7-14/h6-9,15H,3-5,10-11H2,1-2H3. The fourth-order valence-electron chi connectivity index (χ4n) is 3.30. The van der Waals surface area contributed by atoms with Crippen LogP contribution in [0.15, 0.2) is 33.7 Å². The first-order chi connectivity index (χ1) is 11.4. The van der Waals surface area contributed by atoms with Gasteiger partial charge in [-0.15, -0.1) is 0 Å². The van der Waals surface area contributed by atoms with Crippen LogP contribution in [0.3, 0.4) is 0 Å². The van der Waals surface area contributed by atoms with Crippen molar-refractivity contribution in [1.82, 2.24) is 9.46 Å². The maximum Gasteiger partial charge on any atom is 0.248 e. The lowest BCUT2D eigenvalue weighted by Gasteiger charge is -2.24. The van der Waals surface area contributed by atoms with Gasteiger partial charge in [0.25, 0.3) is 0 Å². The summed E-state index contributed by atoms with van der Waals surface area (Å²) in [5, 5.41) is 3.77. The molecule has 1 saturated heterocycles. The van der Waals surface area contributed by atoms with Crippen LogP contribution in [-0.2, 0) is 10.0 Å². The Labute approximate surface area is 141 Å². The molecule has 1 atom stereocenters. The monoisotopic (exact) mass is 352 g/mol. The van der Waals surface area contributed by atoms with Gasteiger partial charge in [0, 0.05) is 13.1 Å². The Kier molecular flexibility index (Phi) is 4.73. The fraction of sp³-hybridized carbons (Fsp3) is 0.471. The molecule has 0 aliphatic carbocycles. The predicted octanol–water partition coefficient (Wildman–Crippen LogP) is 3.39. The van der Waals surface area contributed by atoms with Crippen LogP contribution >= 0.6 is 0 Å². The largest absolute Gasteiger partial charge is 0.360 e. The second-order valence-electron chi connectivity index (χ2n) is 6.26. The molecule has 0 bridgehead atoms. The van der Waals surface area contributed by atoms with Crippen LogP contribution in [0.2, 0.25) is 0 Å². The molecule has 0 N–H and O–H groups in total. The van der Waals surface area contributed by atoms with E-state index in [0.29, 0.717) is 24.5 Å². The van der Waals surface area contributed by atoms with E-state index in [0.717, 1.165) is 24.8 Å². The van der Waals surface area contributed by atoms with E-state index >= 15 is 0 Å². The van der Waals surface area contributed by atoms with Crippen LogP contribution in [0.1, 0.15) is 42.2 Å². The van der Waals surface area contributed by atoms with Gasteiger partial charge in [0.05, 0.1) is 0 Å². The summed E-state index contributed by atoms with van der Waals surface area (Å²) in [4.78, 5) is 0.169. The molecule has 3 rings (SSSR count). The van der Waals surface area contributed by atoms with Gasteiger partial charge in [-0.2, -0.15) is 4.31 Å². The van der Waals surface area contributed by atoms with Gasteiger partial charge in [0.2, 0.25) is 10.0 Å². The quantitative estimate of drug-likeness (QED) is 0.849. The maximum atomic E-state index is 13.2. The summed E-state index contributed by atoms with van der Waals surface area (Å²) in [5.74, 6) is 0.0889. The lowest BCUT2D eigenvalue weighted by Crippen LogP contribution is -2.34. The second kappa shape index (κ2) is 6.64. The number of aromatic nitrogens is 1. The Morgan fingerprint density at radius 1 is 1.21 bits per heavy atom. The Morgan fingerprint density at radius 2 is 1.92 bits per heavy atom. The molecule has 5 nitrogen and oxygen atoms in total. The number of aryl methyl sites for hydroxylation is 2. The Hall–Kier alpha value is -1.73. The van der Waals surface area contributed by atoms with Gasteiger partial charge < -0.3 is 4.52 Å². The molecule has 2 heterocycles. The van der Waals surface area contributed by atoms with Crippen molar-refractivity contribution in [3.8, 4) is 0 Å². The van der Waals surface area contributed by atoms with E-state index in [9.17, 15) is 12.8 Å². The summed E-state index contributed by atoms with van der Waals surface area (Å²) in [7, 11) is -3.65. The highest BCUT2D eigenvalue weighted by atomic mass is 32.2. The van der Waals surface area contributed by atoms with Crippen molar-refractivity contribution in [2.24, 2.45) is 0 Å². The molecule has 0 amide bonds. The number of sulfonamides is 1. The number of nitrogens with zero attached hydrogens (tertiary/aromatic N) is 2. The summed E-state index contributed by atoms with van der Waals surface area (Å²) >= 11 is 0. The average Bonchev–Trinajstić information content (AvgIpc) is 2.76. The van der Waals surface area contributed by atoms with E-state index in [2.05, 4.69) is 5.16 Å². The van der Waals surface area contributed by atoms with E-state index in [-0.39, 0.29) is 16.6 Å². The molecule has 1 aromatic heterocycles. The van der Waals surface area contributed by atoms with Crippen molar-refractivity contribution in [2.75, 3.05) is 13.1 Å². The minimum absolute atomic E-state index is 0.0587. The average molecular weight is 352 g/mol. The molecule has 1 aliphatic rings. The van der Waals surface area contributed by atoms with E-state index in [1.54, 1.807) is 26.0 Å². The highest BCUT2D eigenvalue weighted by Crippen LogP contribution is 2.31. The lowest BCUT2D eigenvalue weighted by molar-refractivity contribution is 0.386. The van der Waals surface area contributed by atoms with Gasteiger partial charge in [0.1, 0.15) is 16.4 Å². The third kappa shape index (κ3) is 3.23. The first kappa shape index (κ1) is 17.1. The molecule has 0 radical (unpaired) electrons. The van der Waals surface area contributed by atoms with E-state index in [1.165, 1.54) is 16.4 Å². The normalized spacial score (nSPS) is 20.0. The first-order valence-corrected chi connectivity index (χ1v) is 9.52. The zero-order chi connectivity index (χ0) is 17.3. The van der Waals surface area contributed by atoms with E-state index in [4.69, 9.17) is 4.52 Å². The zero-order valence-corrected chi connectivity index (χ0v) is 14.6. The van der Waals surface area contributed by atoms with Gasteiger partial charge in [-0.25, -0.2) is 12.8 Å². The molecule has 1 aliphatic heterocycles. The lowest BCUT2D eigenvalue weighted by atomic mass is 9.95. The van der Waals surface area contributed by atoms with Gasteiger partial charge in [-0.05, 0) is 50.3 Å². The number of halogens is 1. The van der Waals surface area contributed by atoms with E-state index in [1.807, 2.05) is 0 Å². The molecule has 1 fully saturated rings. The topological polar surface area (TPSA) is 63.4 Å². The van der Waals surface area contributed by atoms with Crippen LogP contribution < -0.4 is 0 Å². The molecule has 7 heteroatoms. The fourth-order valence-corrected chi connectivity index (χ4v) is 5.12. The van der Waals surface area contributed by atoms with E-state index < -0.39 is 10.0 Å². The molecule has 1 unspecified atom stereocenters. The summed E-state index contributed by atoms with van der Waals surface area (Å²) in [6, 6.07) is 6.33. The minimum Gasteiger partial charge on any atom is -0.360 e. The van der Waals surface area contributed by atoms with Gasteiger partial charge in [-0.3, -0.25) is 0 Å². The van der Waals surface area contributed by atoms with Crippen LogP contribution in [0, 0.1) is 19.7 Å². The van der Waals surface area contributed by atoms with Crippen molar-refractivity contribution >= 4 is 10.0 Å². The van der Waals surface area contributed by atoms with Crippen molar-refractivity contribution < 1.29 is 17.3 Å². The number of rotatable bonds is 3. The Morgan fingerprint density at radius 3 is 2.54 bits per heavy atom. The molecular weight excluding hydrogens is 331 g/mol. The van der Waals surface area contributed by atoms with Gasteiger partial charge in [-0.1, -0.05) is 23.7 Å². The molecular formula is C17H21FN2O3S. The highest BCUT2D eigenvalue weighted by Gasteiger charge is 2.33. The molecule has 130 valence electrons. The predicted molar refractivity (Wildman–Crippen MR) is 87.7 cm³/mol. The third-order valence-electron chi connectivity index (χ3n) is 4.54. The Balaban J connectivity index is 1.91. The van der Waals surface area contributed by atoms with Crippen molar-refractivity contribution in [1.29, 1.82) is 0 Å². The molecule has 0 saturated carbocycles. The summed E-state index contributed by atoms with van der Waals surface area (Å²) in [5.41, 5.74) is 1.35. The molecule has 1 aromatic carbocycles. The Bertz CT molecular complexity index is 795. The number of benzene rings is 1. The maximum absolute atomic E-state index is 13.2. The van der Waals surface area contributed by atoms with Crippen LogP contribution in [0.4, 0.5) is 4.39 Å². The second-order valence-corrected chi connectivity index (χ2v) is 8.14. The summed E-state index contributed by atoms with van der Waals surface area (Å²) in [6.45, 7) is 4.11. The van der Waals surface area contributed by atoms with Crippen molar-refractivity contribution in [2.45, 2.75) is 43.9 Å². The number of hydrogen-bond acceptors (Lipinski definition) is 4. The SMILES string of the molecule is Cc1noc(C)c1S(=O)(=O)N1CCCCC(c2ccc(F)cc2)C1. The van der Waals surface area contributed by atoms with Crippen LogP contribution in [-0.4, -0.2) is 31.0 Å². The summed E-state index contributed by atoms with van der Waals surface area (Å²) in [6.07, 6.45) is 2.63.